The standard InChI is InChI=1S/C21H22N2O5/c1-13-7-8-17(9-14(13)2)21(27)22-11-20(26)28-12-19(25)23-18-6-4-5-16(10-18)15(3)24/h4-10H,11-12H2,1-3H3,(H,22,27)(H,23,25). The zero-order chi connectivity index (χ0) is 20.7. The molecule has 2 aromatic rings. The molecule has 0 saturated carbocycles. The van der Waals surface area contributed by atoms with Crippen molar-refractivity contribution < 1.29 is 23.9 Å². The first-order valence-corrected chi connectivity index (χ1v) is 8.68. The van der Waals surface area contributed by atoms with E-state index in [1.807, 2.05) is 19.9 Å². The molecule has 0 saturated heterocycles. The number of nitrogens with one attached hydrogen (secondary N) is 2. The molecule has 146 valence electrons. The Morgan fingerprint density at radius 1 is 0.929 bits per heavy atom. The van der Waals surface area contributed by atoms with Crippen molar-refractivity contribution in [2.75, 3.05) is 18.5 Å². The van der Waals surface area contributed by atoms with E-state index in [2.05, 4.69) is 10.6 Å². The van der Waals surface area contributed by atoms with Gasteiger partial charge in [-0.25, -0.2) is 0 Å². The largest absolute Gasteiger partial charge is 0.454 e. The van der Waals surface area contributed by atoms with Crippen LogP contribution < -0.4 is 10.6 Å². The number of carbonyl (C=O) groups excluding carboxylic acids is 4. The third-order valence-corrected chi connectivity index (χ3v) is 4.08. The maximum Gasteiger partial charge on any atom is 0.325 e. The number of benzene rings is 2. The molecule has 2 N–H and O–H groups in total. The lowest BCUT2D eigenvalue weighted by Crippen LogP contribution is -2.32. The molecular weight excluding hydrogens is 360 g/mol. The predicted octanol–water partition coefficient (Wildman–Crippen LogP) is 2.42. The smallest absolute Gasteiger partial charge is 0.325 e. The first-order chi connectivity index (χ1) is 13.3. The average Bonchev–Trinajstić information content (AvgIpc) is 2.66. The number of hydrogen-bond donors (Lipinski definition) is 2. The second-order valence-electron chi connectivity index (χ2n) is 6.33. The summed E-state index contributed by atoms with van der Waals surface area (Å²) in [5, 5.41) is 5.00. The third kappa shape index (κ3) is 6.05. The van der Waals surface area contributed by atoms with Crippen molar-refractivity contribution in [3.05, 3.63) is 64.7 Å². The topological polar surface area (TPSA) is 102 Å². The number of rotatable bonds is 7. The Morgan fingerprint density at radius 3 is 2.36 bits per heavy atom. The maximum absolute atomic E-state index is 12.1. The van der Waals surface area contributed by atoms with Crippen LogP contribution in [0.5, 0.6) is 0 Å². The summed E-state index contributed by atoms with van der Waals surface area (Å²) >= 11 is 0. The number of aryl methyl sites for hydroxylation is 2. The van der Waals surface area contributed by atoms with Crippen LogP contribution in [0.4, 0.5) is 5.69 Å². The van der Waals surface area contributed by atoms with Crippen molar-refractivity contribution in [3.63, 3.8) is 0 Å². The van der Waals surface area contributed by atoms with Gasteiger partial charge in [-0.3, -0.25) is 19.2 Å². The highest BCUT2D eigenvalue weighted by atomic mass is 16.5. The fourth-order valence-corrected chi connectivity index (χ4v) is 2.35. The minimum absolute atomic E-state index is 0.123. The summed E-state index contributed by atoms with van der Waals surface area (Å²) in [6, 6.07) is 11.7. The molecule has 2 rings (SSSR count). The molecule has 0 atom stereocenters. The summed E-state index contributed by atoms with van der Waals surface area (Å²) in [4.78, 5) is 47.0. The second-order valence-corrected chi connectivity index (χ2v) is 6.33. The first kappa shape index (κ1) is 20.8. The molecule has 2 aromatic carbocycles. The summed E-state index contributed by atoms with van der Waals surface area (Å²) in [6.45, 7) is 4.41. The van der Waals surface area contributed by atoms with Gasteiger partial charge in [-0.15, -0.1) is 0 Å². The molecule has 0 aliphatic carbocycles. The van der Waals surface area contributed by atoms with Crippen LogP contribution in [-0.2, 0) is 14.3 Å². The molecule has 28 heavy (non-hydrogen) atoms. The number of amides is 2. The molecular formula is C21H22N2O5. The van der Waals surface area contributed by atoms with E-state index in [1.54, 1.807) is 30.3 Å². The highest BCUT2D eigenvalue weighted by Crippen LogP contribution is 2.11. The molecule has 0 bridgehead atoms. The zero-order valence-electron chi connectivity index (χ0n) is 16.0. The van der Waals surface area contributed by atoms with E-state index >= 15 is 0 Å². The van der Waals surface area contributed by atoms with Gasteiger partial charge in [-0.1, -0.05) is 18.2 Å². The zero-order valence-corrected chi connectivity index (χ0v) is 16.0. The SMILES string of the molecule is CC(=O)c1cccc(NC(=O)COC(=O)CNC(=O)c2ccc(C)c(C)c2)c1. The first-order valence-electron chi connectivity index (χ1n) is 8.68. The van der Waals surface area contributed by atoms with Crippen LogP contribution in [-0.4, -0.2) is 36.7 Å². The van der Waals surface area contributed by atoms with Crippen molar-refractivity contribution >= 4 is 29.3 Å². The van der Waals surface area contributed by atoms with Gasteiger partial charge in [0.25, 0.3) is 11.8 Å². The van der Waals surface area contributed by atoms with Gasteiger partial charge in [0.05, 0.1) is 0 Å². The van der Waals surface area contributed by atoms with Crippen LogP contribution in [0.1, 0.15) is 38.8 Å². The molecule has 0 fully saturated rings. The normalized spacial score (nSPS) is 10.1. The van der Waals surface area contributed by atoms with Gasteiger partial charge in [0.2, 0.25) is 0 Å². The van der Waals surface area contributed by atoms with Crippen LogP contribution in [0.2, 0.25) is 0 Å². The van der Waals surface area contributed by atoms with Crippen LogP contribution in [0.25, 0.3) is 0 Å². The van der Waals surface area contributed by atoms with E-state index in [9.17, 15) is 19.2 Å². The van der Waals surface area contributed by atoms with Crippen molar-refractivity contribution in [3.8, 4) is 0 Å². The molecule has 0 aliphatic rings. The maximum atomic E-state index is 12.1. The lowest BCUT2D eigenvalue weighted by molar-refractivity contribution is -0.146. The number of ether oxygens (including phenoxy) is 1. The molecule has 0 unspecified atom stereocenters. The Kier molecular flexibility index (Phi) is 7.03. The monoisotopic (exact) mass is 382 g/mol. The van der Waals surface area contributed by atoms with Crippen LogP contribution in [0, 0.1) is 13.8 Å². The van der Waals surface area contributed by atoms with Gasteiger partial charge >= 0.3 is 5.97 Å². The molecule has 0 aliphatic heterocycles. The highest BCUT2D eigenvalue weighted by Gasteiger charge is 2.12. The lowest BCUT2D eigenvalue weighted by atomic mass is 10.1. The van der Waals surface area contributed by atoms with Gasteiger partial charge in [0.15, 0.2) is 12.4 Å². The second kappa shape index (κ2) is 9.45. The van der Waals surface area contributed by atoms with E-state index in [0.29, 0.717) is 16.8 Å². The average molecular weight is 382 g/mol. The van der Waals surface area contributed by atoms with Gasteiger partial charge < -0.3 is 15.4 Å². The molecule has 2 amide bonds. The fourth-order valence-electron chi connectivity index (χ4n) is 2.35. The number of ketones is 1. The molecule has 7 heteroatoms. The summed E-state index contributed by atoms with van der Waals surface area (Å²) in [6.07, 6.45) is 0. The quantitative estimate of drug-likeness (QED) is 0.566. The van der Waals surface area contributed by atoms with Gasteiger partial charge in [-0.2, -0.15) is 0 Å². The van der Waals surface area contributed by atoms with Crippen molar-refractivity contribution in [2.45, 2.75) is 20.8 Å². The fraction of sp³-hybridized carbons (Fsp3) is 0.238. The molecule has 0 heterocycles. The van der Waals surface area contributed by atoms with E-state index in [0.717, 1.165) is 11.1 Å². The molecule has 7 nitrogen and oxygen atoms in total. The summed E-state index contributed by atoms with van der Waals surface area (Å²) in [7, 11) is 0. The molecule has 0 spiro atoms. The van der Waals surface area contributed by atoms with Crippen LogP contribution in [0.15, 0.2) is 42.5 Å². The van der Waals surface area contributed by atoms with Crippen LogP contribution >= 0.6 is 0 Å². The Balaban J connectivity index is 1.78. The summed E-state index contributed by atoms with van der Waals surface area (Å²) < 4.78 is 4.85. The predicted molar refractivity (Wildman–Crippen MR) is 104 cm³/mol. The van der Waals surface area contributed by atoms with Gasteiger partial charge in [0, 0.05) is 16.8 Å². The Labute approximate surface area is 163 Å². The Hall–Kier alpha value is -3.48. The van der Waals surface area contributed by atoms with Crippen molar-refractivity contribution in [1.82, 2.24) is 5.32 Å². The summed E-state index contributed by atoms with van der Waals surface area (Å²) in [5.41, 5.74) is 3.37. The van der Waals surface area contributed by atoms with E-state index in [4.69, 9.17) is 4.74 Å². The van der Waals surface area contributed by atoms with Crippen molar-refractivity contribution in [1.29, 1.82) is 0 Å². The van der Waals surface area contributed by atoms with E-state index < -0.39 is 24.4 Å². The Morgan fingerprint density at radius 2 is 1.68 bits per heavy atom. The Bertz CT molecular complexity index is 921. The van der Waals surface area contributed by atoms with Crippen LogP contribution in [0.3, 0.4) is 0 Å². The number of esters is 1. The molecule has 0 radical (unpaired) electrons. The van der Waals surface area contributed by atoms with E-state index in [1.165, 1.54) is 13.0 Å². The van der Waals surface area contributed by atoms with Gasteiger partial charge in [0.1, 0.15) is 6.54 Å². The number of carbonyl (C=O) groups is 4. The number of anilines is 1. The number of hydrogen-bond acceptors (Lipinski definition) is 5. The number of Topliss-reactive ketones (excluding diaryl/α,β-unsaturated/α-hetero) is 1. The van der Waals surface area contributed by atoms with E-state index in [-0.39, 0.29) is 12.3 Å². The minimum Gasteiger partial charge on any atom is -0.454 e. The summed E-state index contributed by atoms with van der Waals surface area (Å²) in [5.74, 6) is -1.80. The minimum atomic E-state index is -0.732. The van der Waals surface area contributed by atoms with Gasteiger partial charge in [-0.05, 0) is 56.2 Å². The highest BCUT2D eigenvalue weighted by molar-refractivity contribution is 5.98. The van der Waals surface area contributed by atoms with Crippen molar-refractivity contribution in [2.24, 2.45) is 0 Å². The lowest BCUT2D eigenvalue weighted by Gasteiger charge is -2.09. The third-order valence-electron chi connectivity index (χ3n) is 4.08. The molecule has 0 aromatic heterocycles.